The zero-order valence-electron chi connectivity index (χ0n) is 35.3. The Morgan fingerprint density at radius 3 is 2.40 bits per heavy atom. The van der Waals surface area contributed by atoms with Gasteiger partial charge in [-0.3, -0.25) is 9.97 Å². The van der Waals surface area contributed by atoms with Crippen molar-refractivity contribution in [3.63, 3.8) is 0 Å². The molecule has 5 aromatic heterocycles. The normalized spacial score (nSPS) is 13.7. The largest absolute Gasteiger partial charge is 0.486 e. The summed E-state index contributed by atoms with van der Waals surface area (Å²) in [6.45, 7) is 10.1. The van der Waals surface area contributed by atoms with Crippen LogP contribution >= 0.6 is 0 Å². The van der Waals surface area contributed by atoms with E-state index in [1.807, 2.05) is 99.2 Å². The molecule has 0 aliphatic heterocycles. The Morgan fingerprint density at radius 1 is 0.904 bits per heavy atom. The van der Waals surface area contributed by atoms with Crippen LogP contribution < -0.4 is 5.19 Å². The van der Waals surface area contributed by atoms with Crippen LogP contribution in [0.3, 0.4) is 0 Å². The molecule has 0 N–H and O–H groups in total. The molecule has 0 atom stereocenters. The number of aromatic nitrogens is 5. The van der Waals surface area contributed by atoms with Gasteiger partial charge in [0.15, 0.2) is 0 Å². The maximum absolute atomic E-state index is 8.79. The molecule has 8 aromatic rings. The van der Waals surface area contributed by atoms with Gasteiger partial charge in [0, 0.05) is 57.4 Å². The third kappa shape index (κ3) is 7.70. The Hall–Kier alpha value is -4.75. The third-order valence-electron chi connectivity index (χ3n) is 8.59. The van der Waals surface area contributed by atoms with E-state index < -0.39 is 26.7 Å². The average molecular weight is 883 g/mol. The van der Waals surface area contributed by atoms with Crippen molar-refractivity contribution in [3.05, 3.63) is 127 Å². The Kier molecular flexibility index (Phi) is 8.72. The first-order valence-corrected chi connectivity index (χ1v) is 20.4. The molecule has 0 aliphatic rings. The first-order valence-electron chi connectivity index (χ1n) is 19.4. The van der Waals surface area contributed by atoms with Gasteiger partial charge < -0.3 is 14.0 Å². The minimum atomic E-state index is -2.17. The maximum atomic E-state index is 8.79. The Labute approximate surface area is 327 Å². The van der Waals surface area contributed by atoms with Gasteiger partial charge in [-0.05, 0) is 40.9 Å². The summed E-state index contributed by atoms with van der Waals surface area (Å²) < 4.78 is 48.3. The maximum Gasteiger partial charge on any atom is 0.216 e. The molecule has 0 aliphatic carbocycles. The van der Waals surface area contributed by atoms with Crippen molar-refractivity contribution >= 4 is 46.4 Å². The molecule has 8 heteroatoms. The number of fused-ring (bicyclic) bond motifs is 4. The van der Waals surface area contributed by atoms with Gasteiger partial charge in [-0.1, -0.05) is 100 Å². The molecule has 1 radical (unpaired) electrons. The smallest absolute Gasteiger partial charge is 0.216 e. The number of nitrogens with zero attached hydrogens (tertiary/aromatic N) is 5. The number of aryl methyl sites for hydroxylation is 2. The Morgan fingerprint density at radius 2 is 1.71 bits per heavy atom. The predicted octanol–water partition coefficient (Wildman–Crippen LogP) is 10.4. The van der Waals surface area contributed by atoms with Crippen LogP contribution in [0.15, 0.2) is 108 Å². The fourth-order valence-electron chi connectivity index (χ4n) is 6.11. The molecule has 6 nitrogen and oxygen atoms in total. The second-order valence-corrected chi connectivity index (χ2v) is 19.7. The summed E-state index contributed by atoms with van der Waals surface area (Å²) in [5, 5.41) is 2.99. The Balaban J connectivity index is 0.000000190. The van der Waals surface area contributed by atoms with Crippen LogP contribution in [0, 0.1) is 24.4 Å². The zero-order chi connectivity index (χ0) is 40.2. The van der Waals surface area contributed by atoms with Gasteiger partial charge in [0.2, 0.25) is 5.71 Å². The number of rotatable bonds is 5. The fraction of sp³-hybridized carbons (Fsp3) is 0.227. The molecule has 0 bridgehead atoms. The molecule has 5 heterocycles. The van der Waals surface area contributed by atoms with E-state index in [-0.39, 0.29) is 25.7 Å². The molecular formula is C44H43IrN5OSi-2. The van der Waals surface area contributed by atoms with Crippen LogP contribution in [0.4, 0.5) is 0 Å². The Bertz CT molecular complexity index is 2700. The molecule has 52 heavy (non-hydrogen) atoms. The van der Waals surface area contributed by atoms with E-state index in [0.717, 1.165) is 55.2 Å². The van der Waals surface area contributed by atoms with Crippen molar-refractivity contribution in [2.75, 3.05) is 0 Å². The van der Waals surface area contributed by atoms with Gasteiger partial charge in [-0.15, -0.1) is 53.6 Å². The quantitative estimate of drug-likeness (QED) is 0.127. The number of hydrogen-bond acceptors (Lipinski definition) is 5. The molecule has 0 spiro atoms. The van der Waals surface area contributed by atoms with Crippen molar-refractivity contribution in [1.29, 1.82) is 0 Å². The molecule has 0 amide bonds. The monoisotopic (exact) mass is 883 g/mol. The SMILES string of the molecule is Cn1c(-c2[c-]ccc3c2oc2nc(-c4ccccc4)ccc23)nc2ccncc21.[2H]C([2H])([2H])c1c[c-]c(-c2cc(C([2H])([2H])C(C)(C)C)c([Si](C)(C)C)cn2)cc1.[Ir]. The second-order valence-electron chi connectivity index (χ2n) is 14.7. The average Bonchev–Trinajstić information content (AvgIpc) is 3.71. The molecule has 0 saturated heterocycles. The van der Waals surface area contributed by atoms with Crippen molar-refractivity contribution in [2.45, 2.75) is 53.6 Å². The van der Waals surface area contributed by atoms with Crippen molar-refractivity contribution in [1.82, 2.24) is 24.5 Å². The van der Waals surface area contributed by atoms with Gasteiger partial charge in [0.25, 0.3) is 0 Å². The summed E-state index contributed by atoms with van der Waals surface area (Å²) in [4.78, 5) is 18.3. The molecule has 8 rings (SSSR count). The summed E-state index contributed by atoms with van der Waals surface area (Å²) >= 11 is 0. The summed E-state index contributed by atoms with van der Waals surface area (Å²) in [7, 11) is 0.168. The van der Waals surface area contributed by atoms with Crippen molar-refractivity contribution in [3.8, 4) is 33.9 Å². The third-order valence-corrected chi connectivity index (χ3v) is 10.6. The molecular weight excluding hydrogens is 835 g/mol. The van der Waals surface area contributed by atoms with E-state index in [1.54, 1.807) is 24.5 Å². The topological polar surface area (TPSA) is 69.6 Å². The summed E-state index contributed by atoms with van der Waals surface area (Å²) in [6.07, 6.45) is 3.84. The number of hydrogen-bond donors (Lipinski definition) is 0. The molecule has 0 fully saturated rings. The van der Waals surface area contributed by atoms with Crippen LogP contribution in [-0.4, -0.2) is 32.6 Å². The first kappa shape index (κ1) is 30.8. The number of furan rings is 1. The van der Waals surface area contributed by atoms with E-state index in [0.29, 0.717) is 22.5 Å². The number of pyridine rings is 3. The zero-order valence-corrected chi connectivity index (χ0v) is 33.7. The van der Waals surface area contributed by atoms with E-state index in [4.69, 9.17) is 21.2 Å². The van der Waals surface area contributed by atoms with Gasteiger partial charge >= 0.3 is 0 Å². The van der Waals surface area contributed by atoms with E-state index in [1.165, 1.54) is 6.07 Å². The van der Waals surface area contributed by atoms with Gasteiger partial charge in [0.1, 0.15) is 0 Å². The van der Waals surface area contributed by atoms with Crippen LogP contribution in [0.1, 0.15) is 38.8 Å². The number of benzene rings is 3. The summed E-state index contributed by atoms with van der Waals surface area (Å²) in [5.74, 6) is 0.793. The number of imidazole rings is 1. The molecule has 0 unspecified atom stereocenters. The predicted molar refractivity (Wildman–Crippen MR) is 213 cm³/mol. The second kappa shape index (κ2) is 14.7. The van der Waals surface area contributed by atoms with Gasteiger partial charge in [-0.2, -0.15) is 0 Å². The minimum absolute atomic E-state index is 0. The van der Waals surface area contributed by atoms with Crippen molar-refractivity contribution < 1.29 is 31.4 Å². The van der Waals surface area contributed by atoms with E-state index >= 15 is 0 Å². The first-order chi connectivity index (χ1) is 26.3. The summed E-state index contributed by atoms with van der Waals surface area (Å²) in [6, 6.07) is 32.9. The van der Waals surface area contributed by atoms with E-state index in [2.05, 4.69) is 47.8 Å². The molecule has 3 aromatic carbocycles. The van der Waals surface area contributed by atoms with Gasteiger partial charge in [0.05, 0.1) is 42.4 Å². The minimum Gasteiger partial charge on any atom is -0.486 e. The van der Waals surface area contributed by atoms with E-state index in [9.17, 15) is 0 Å². The standard InChI is InChI=1S/C24H15N4O.C20H28NSi.Ir/c1-28-21-14-25-13-12-20(21)26-23(28)18-9-5-8-16-17-10-11-19(15-6-3-2-4-7-15)27-24(17)29-22(16)18;1-15-8-10-16(11-9-15)18-12-17(13-20(2,3)4)19(14-21-18)22(5,6)7;/h2-8,10-14H,1H3;8-10,12,14H,13H2,1-7H3;/q2*-1;/i;1D3,13D2;. The molecule has 0 saturated carbocycles. The fourth-order valence-corrected chi connectivity index (χ4v) is 7.50. The van der Waals surface area contributed by atoms with Crippen LogP contribution in [-0.2, 0) is 33.5 Å². The van der Waals surface area contributed by atoms with Crippen LogP contribution in [0.5, 0.6) is 0 Å². The van der Waals surface area contributed by atoms with Crippen molar-refractivity contribution in [2.24, 2.45) is 12.5 Å². The summed E-state index contributed by atoms with van der Waals surface area (Å²) in [5.41, 5.74) is 7.58. The molecule has 265 valence electrons. The van der Waals surface area contributed by atoms with Crippen LogP contribution in [0.25, 0.3) is 67.0 Å². The van der Waals surface area contributed by atoms with Gasteiger partial charge in [-0.25, -0.2) is 4.98 Å². The van der Waals surface area contributed by atoms with Crippen LogP contribution in [0.2, 0.25) is 19.6 Å².